The van der Waals surface area contributed by atoms with E-state index in [-0.39, 0.29) is 16.2 Å². The molecular formula is C18H30P4. The highest BCUT2D eigenvalue weighted by Crippen LogP contribution is 3.06. The Morgan fingerprint density at radius 1 is 0.682 bits per heavy atom. The minimum atomic E-state index is 0.233. The van der Waals surface area contributed by atoms with Crippen molar-refractivity contribution in [2.75, 3.05) is 0 Å². The topological polar surface area (TPSA) is 0 Å². The average Bonchev–Trinajstić information content (AvgIpc) is 3.13. The van der Waals surface area contributed by atoms with Gasteiger partial charge in [-0.05, 0) is 52.6 Å². The molecule has 0 aliphatic rings. The van der Waals surface area contributed by atoms with Crippen LogP contribution in [0.1, 0.15) is 79.0 Å². The van der Waals surface area contributed by atoms with E-state index in [1.165, 1.54) is 13.1 Å². The Morgan fingerprint density at radius 2 is 1.09 bits per heavy atom. The minimum absolute atomic E-state index is 0.233. The van der Waals surface area contributed by atoms with Crippen LogP contribution in [0.15, 0.2) is 12.1 Å². The van der Waals surface area contributed by atoms with Crippen molar-refractivity contribution in [3.63, 3.8) is 0 Å². The van der Waals surface area contributed by atoms with E-state index >= 15 is 0 Å². The summed E-state index contributed by atoms with van der Waals surface area (Å²) in [5.41, 5.74) is 5.65. The summed E-state index contributed by atoms with van der Waals surface area (Å²) in [6.07, 6.45) is 1.10. The smallest absolute Gasteiger partial charge is 0.0144 e. The van der Waals surface area contributed by atoms with Gasteiger partial charge in [-0.15, -0.1) is 0 Å². The van der Waals surface area contributed by atoms with Gasteiger partial charge in [0.2, 0.25) is 0 Å². The Hall–Kier alpha value is 0.420. The van der Waals surface area contributed by atoms with Gasteiger partial charge in [-0.2, -0.15) is 0 Å². The molecule has 22 heavy (non-hydrogen) atoms. The molecule has 4 heteroatoms. The lowest BCUT2D eigenvalue weighted by molar-refractivity contribution is 0.552. The lowest BCUT2D eigenvalue weighted by atomic mass is 9.75. The first-order valence-electron chi connectivity index (χ1n) is 8.18. The van der Waals surface area contributed by atoms with Crippen molar-refractivity contribution in [1.29, 1.82) is 0 Å². The summed E-state index contributed by atoms with van der Waals surface area (Å²) >= 11 is 0. The molecular weight excluding hydrogens is 340 g/mol. The zero-order valence-corrected chi connectivity index (χ0v) is 19.2. The summed E-state index contributed by atoms with van der Waals surface area (Å²) in [5.74, 6) is 0. The molecule has 0 spiro atoms. The van der Waals surface area contributed by atoms with Gasteiger partial charge in [0.15, 0.2) is 0 Å². The maximum absolute atomic E-state index is 2.57. The van der Waals surface area contributed by atoms with Crippen molar-refractivity contribution in [1.82, 2.24) is 0 Å². The molecule has 122 valence electrons. The lowest BCUT2D eigenvalue weighted by Gasteiger charge is -2.33. The SMILES string of the molecule is CC(C)(C)c1cc(C(C)(C)C)c(-p2p3[pH]p23)c(C(C)(C)C)c1. The summed E-state index contributed by atoms with van der Waals surface area (Å²) in [5, 5.41) is 1.85. The van der Waals surface area contributed by atoms with Gasteiger partial charge < -0.3 is 0 Å². The average molecular weight is 370 g/mol. The molecule has 1 aromatic carbocycles. The molecule has 3 rings (SSSR count). The van der Waals surface area contributed by atoms with E-state index in [1.807, 2.05) is 5.30 Å². The Bertz CT molecular complexity index is 731. The van der Waals surface area contributed by atoms with E-state index in [4.69, 9.17) is 0 Å². The molecule has 2 atom stereocenters. The molecule has 0 aliphatic heterocycles. The molecule has 0 saturated carbocycles. The zero-order valence-electron chi connectivity index (χ0n) is 15.5. The van der Waals surface area contributed by atoms with Crippen LogP contribution < -0.4 is 0 Å². The fourth-order valence-electron chi connectivity index (χ4n) is 2.85. The Morgan fingerprint density at radius 3 is 1.32 bits per heavy atom. The van der Waals surface area contributed by atoms with E-state index in [0.29, 0.717) is 19.6 Å². The highest BCUT2D eigenvalue weighted by atomic mass is 33.1. The largest absolute Gasteiger partial charge is 0.0722 e. The number of fused-ring (bicyclic) bond motifs is 1. The first-order valence-corrected chi connectivity index (χ1v) is 17.0. The zero-order chi connectivity index (χ0) is 16.7. The Balaban J connectivity index is 2.33. The summed E-state index contributed by atoms with van der Waals surface area (Å²) in [7, 11) is 1.41. The number of rotatable bonds is 1. The molecule has 0 N–H and O–H groups in total. The van der Waals surface area contributed by atoms with Crippen LogP contribution in [0, 0.1) is 0 Å². The van der Waals surface area contributed by atoms with Gasteiger partial charge in [0, 0.05) is 5.30 Å². The van der Waals surface area contributed by atoms with Gasteiger partial charge in [-0.3, -0.25) is 0 Å². The Labute approximate surface area is 140 Å². The van der Waals surface area contributed by atoms with Crippen molar-refractivity contribution < 1.29 is 0 Å². The molecule has 2 unspecified atom stereocenters. The summed E-state index contributed by atoms with van der Waals surface area (Å²) in [6.45, 7) is 21.9. The van der Waals surface area contributed by atoms with Crippen LogP contribution in [0.3, 0.4) is 0 Å². The molecule has 0 radical (unpaired) electrons. The summed E-state index contributed by atoms with van der Waals surface area (Å²) in [4.78, 5) is 0. The van der Waals surface area contributed by atoms with Crippen molar-refractivity contribution in [2.45, 2.75) is 78.6 Å². The van der Waals surface area contributed by atoms with Crippen LogP contribution in [-0.4, -0.2) is 0 Å². The molecule has 3 aromatic rings. The van der Waals surface area contributed by atoms with Crippen molar-refractivity contribution in [3.05, 3.63) is 28.8 Å². The monoisotopic (exact) mass is 370 g/mol. The highest BCUT2D eigenvalue weighted by molar-refractivity contribution is 9.05. The van der Waals surface area contributed by atoms with E-state index in [9.17, 15) is 0 Å². The van der Waals surface area contributed by atoms with E-state index < -0.39 is 0 Å². The molecule has 2 aromatic heterocycles. The first kappa shape index (κ1) is 17.2. The number of hydrogen-bond acceptors (Lipinski definition) is 0. The van der Waals surface area contributed by atoms with E-state index in [1.54, 1.807) is 11.1 Å². The van der Waals surface area contributed by atoms with E-state index in [2.05, 4.69) is 74.4 Å². The normalized spacial score (nSPS) is 17.4. The molecule has 0 fully saturated rings. The van der Waals surface area contributed by atoms with Gasteiger partial charge in [0.05, 0.1) is 0 Å². The van der Waals surface area contributed by atoms with Crippen molar-refractivity contribution in [2.24, 2.45) is 0 Å². The summed E-state index contributed by atoms with van der Waals surface area (Å²) in [6, 6.07) is 5.14. The minimum Gasteiger partial charge on any atom is -0.0722 e. The Kier molecular flexibility index (Phi) is 3.89. The van der Waals surface area contributed by atoms with Crippen molar-refractivity contribution in [3.8, 4) is 5.30 Å². The molecule has 0 saturated heterocycles. The molecule has 2 heterocycles. The number of hydrogen-bond donors (Lipinski definition) is 0. The van der Waals surface area contributed by atoms with Crippen LogP contribution in [0.4, 0.5) is 0 Å². The standard InChI is InChI=1S/C18H30P4/c1-16(2,3)12-10-13(17(4,5)6)15(20-21-19-22(20)21)14(11-12)18(7,8)9/h10-11,19H,1-9H3. The van der Waals surface area contributed by atoms with Crippen LogP contribution in [0.5, 0.6) is 0 Å². The van der Waals surface area contributed by atoms with Gasteiger partial charge >= 0.3 is 0 Å². The highest BCUT2D eigenvalue weighted by Gasteiger charge is 2.35. The second-order valence-electron chi connectivity index (χ2n) is 9.64. The van der Waals surface area contributed by atoms with Gasteiger partial charge in [0.1, 0.15) is 0 Å². The second kappa shape index (κ2) is 4.96. The number of benzene rings is 1. The fourth-order valence-corrected chi connectivity index (χ4v) is 42.0. The van der Waals surface area contributed by atoms with E-state index in [0.717, 1.165) is 0 Å². The first-order chi connectivity index (χ1) is 9.82. The van der Waals surface area contributed by atoms with Crippen LogP contribution in [-0.2, 0) is 16.2 Å². The third-order valence-corrected chi connectivity index (χ3v) is 37.8. The molecule has 0 amide bonds. The van der Waals surface area contributed by atoms with Gasteiger partial charge in [0.25, 0.3) is 0 Å². The van der Waals surface area contributed by atoms with Crippen LogP contribution in [0.2, 0.25) is 0 Å². The molecule has 0 aliphatic carbocycles. The third kappa shape index (κ3) is 3.03. The van der Waals surface area contributed by atoms with Crippen LogP contribution in [0.25, 0.3) is 5.30 Å². The van der Waals surface area contributed by atoms with Crippen molar-refractivity contribution >= 4 is 27.2 Å². The van der Waals surface area contributed by atoms with Gasteiger partial charge in [-0.1, -0.05) is 82.0 Å². The predicted molar refractivity (Wildman–Crippen MR) is 111 cm³/mol. The molecule has 0 bridgehead atoms. The quantitative estimate of drug-likeness (QED) is 0.402. The lowest BCUT2D eigenvalue weighted by Crippen LogP contribution is -2.21. The maximum atomic E-state index is 2.57. The van der Waals surface area contributed by atoms with Gasteiger partial charge in [-0.25, -0.2) is 0 Å². The maximum Gasteiger partial charge on any atom is 0.0144 e. The fraction of sp³-hybridized carbons (Fsp3) is 0.667. The summed E-state index contributed by atoms with van der Waals surface area (Å²) < 4.78 is 0. The predicted octanol–water partition coefficient (Wildman–Crippen LogP) is 8.75. The third-order valence-electron chi connectivity index (χ3n) is 4.44. The second-order valence-corrected chi connectivity index (χ2v) is 31.7. The van der Waals surface area contributed by atoms with Crippen LogP contribution >= 0.6 is 27.2 Å². The molecule has 0 nitrogen and oxygen atoms in total.